The third-order valence-corrected chi connectivity index (χ3v) is 2.84. The Morgan fingerprint density at radius 1 is 1.35 bits per heavy atom. The van der Waals surface area contributed by atoms with Crippen LogP contribution in [0.2, 0.25) is 0 Å². The molecule has 0 radical (unpaired) electrons. The molecule has 94 valence electrons. The van der Waals surface area contributed by atoms with Gasteiger partial charge in [-0.1, -0.05) is 24.3 Å². The van der Waals surface area contributed by atoms with Crippen molar-refractivity contribution in [2.24, 2.45) is 5.41 Å². The van der Waals surface area contributed by atoms with E-state index in [1.807, 2.05) is 12.1 Å². The maximum absolute atomic E-state index is 11.0. The summed E-state index contributed by atoms with van der Waals surface area (Å²) in [5.41, 5.74) is 0.372. The molecule has 1 aromatic rings. The highest BCUT2D eigenvalue weighted by Gasteiger charge is 2.36. The van der Waals surface area contributed by atoms with E-state index < -0.39 is 17.5 Å². The normalized spacial score (nSPS) is 13.4. The lowest BCUT2D eigenvalue weighted by Gasteiger charge is -2.26. The van der Waals surface area contributed by atoms with Crippen molar-refractivity contribution in [2.75, 3.05) is 7.11 Å². The summed E-state index contributed by atoms with van der Waals surface area (Å²) in [4.78, 5) is 11.0. The van der Waals surface area contributed by atoms with E-state index in [1.54, 1.807) is 19.2 Å². The number of benzene rings is 1. The highest BCUT2D eigenvalue weighted by Crippen LogP contribution is 2.33. The van der Waals surface area contributed by atoms with Gasteiger partial charge in [-0.3, -0.25) is 4.79 Å². The van der Waals surface area contributed by atoms with Gasteiger partial charge in [0.2, 0.25) is 0 Å². The van der Waals surface area contributed by atoms with Crippen molar-refractivity contribution in [2.45, 2.75) is 26.6 Å². The molecule has 0 aliphatic heterocycles. The summed E-state index contributed by atoms with van der Waals surface area (Å²) >= 11 is 0. The van der Waals surface area contributed by atoms with Gasteiger partial charge in [0.15, 0.2) is 0 Å². The van der Waals surface area contributed by atoms with Gasteiger partial charge in [0.25, 0.3) is 0 Å². The molecule has 0 spiro atoms. The number of aliphatic carboxylic acids is 1. The van der Waals surface area contributed by atoms with Crippen molar-refractivity contribution < 1.29 is 19.7 Å². The number of aliphatic hydroxyl groups excluding tert-OH is 1. The highest BCUT2D eigenvalue weighted by molar-refractivity contribution is 5.74. The van der Waals surface area contributed by atoms with Gasteiger partial charge in [-0.15, -0.1) is 0 Å². The third-order valence-electron chi connectivity index (χ3n) is 2.84. The van der Waals surface area contributed by atoms with Gasteiger partial charge in [-0.25, -0.2) is 0 Å². The van der Waals surface area contributed by atoms with Crippen LogP contribution < -0.4 is 0 Å². The maximum Gasteiger partial charge on any atom is 0.312 e. The van der Waals surface area contributed by atoms with E-state index in [1.165, 1.54) is 13.8 Å². The molecule has 0 aliphatic rings. The van der Waals surface area contributed by atoms with Crippen LogP contribution >= 0.6 is 0 Å². The Kier molecular flexibility index (Phi) is 4.26. The molecular formula is C13H18O4. The van der Waals surface area contributed by atoms with Gasteiger partial charge < -0.3 is 14.9 Å². The van der Waals surface area contributed by atoms with Crippen LogP contribution in [-0.4, -0.2) is 23.3 Å². The van der Waals surface area contributed by atoms with E-state index >= 15 is 0 Å². The first kappa shape index (κ1) is 13.7. The molecule has 0 fully saturated rings. The van der Waals surface area contributed by atoms with Crippen LogP contribution in [0.25, 0.3) is 0 Å². The molecule has 0 amide bonds. The number of carboxylic acid groups (broad SMARTS) is 1. The summed E-state index contributed by atoms with van der Waals surface area (Å²) in [7, 11) is 1.61. The minimum atomic E-state index is -1.21. The zero-order valence-corrected chi connectivity index (χ0v) is 10.3. The van der Waals surface area contributed by atoms with Crippen LogP contribution in [0.5, 0.6) is 0 Å². The van der Waals surface area contributed by atoms with E-state index in [4.69, 9.17) is 9.84 Å². The number of carbonyl (C=O) groups is 1. The fourth-order valence-electron chi connectivity index (χ4n) is 1.50. The van der Waals surface area contributed by atoms with E-state index in [9.17, 15) is 9.90 Å². The summed E-state index contributed by atoms with van der Waals surface area (Å²) in [6.07, 6.45) is -1.03. The average Bonchev–Trinajstić information content (AvgIpc) is 2.29. The minimum absolute atomic E-state index is 0.499. The zero-order valence-electron chi connectivity index (χ0n) is 10.3. The second kappa shape index (κ2) is 5.29. The fourth-order valence-corrected chi connectivity index (χ4v) is 1.50. The molecule has 0 aliphatic carbocycles. The molecule has 0 bridgehead atoms. The Hall–Kier alpha value is -1.39. The molecule has 0 heterocycles. The molecule has 2 N–H and O–H groups in total. The van der Waals surface area contributed by atoms with Gasteiger partial charge in [-0.2, -0.15) is 0 Å². The monoisotopic (exact) mass is 238 g/mol. The summed E-state index contributed by atoms with van der Waals surface area (Å²) in [5, 5.41) is 19.1. The van der Waals surface area contributed by atoms with Crippen LogP contribution in [0.3, 0.4) is 0 Å². The van der Waals surface area contributed by atoms with E-state index in [0.717, 1.165) is 5.56 Å². The summed E-state index contributed by atoms with van der Waals surface area (Å²) in [6.45, 7) is 3.50. The van der Waals surface area contributed by atoms with Crippen LogP contribution in [0.4, 0.5) is 0 Å². The number of hydrogen-bond acceptors (Lipinski definition) is 3. The quantitative estimate of drug-likeness (QED) is 0.823. The second-order valence-corrected chi connectivity index (χ2v) is 4.60. The first-order valence-electron chi connectivity index (χ1n) is 5.39. The largest absolute Gasteiger partial charge is 0.481 e. The molecule has 1 unspecified atom stereocenters. The van der Waals surface area contributed by atoms with Gasteiger partial charge >= 0.3 is 5.97 Å². The van der Waals surface area contributed by atoms with Gasteiger partial charge in [0, 0.05) is 7.11 Å². The SMILES string of the molecule is COCc1ccc(C(O)C(C)(C)C(=O)O)cc1. The molecule has 1 rings (SSSR count). The lowest BCUT2D eigenvalue weighted by atomic mass is 9.82. The highest BCUT2D eigenvalue weighted by atomic mass is 16.5. The second-order valence-electron chi connectivity index (χ2n) is 4.60. The van der Waals surface area contributed by atoms with Crippen molar-refractivity contribution in [3.05, 3.63) is 35.4 Å². The molecule has 1 aromatic carbocycles. The first-order valence-corrected chi connectivity index (χ1v) is 5.39. The molecule has 1 atom stereocenters. The van der Waals surface area contributed by atoms with Crippen LogP contribution in [-0.2, 0) is 16.1 Å². The Labute approximate surface area is 101 Å². The average molecular weight is 238 g/mol. The Morgan fingerprint density at radius 2 is 1.88 bits per heavy atom. The van der Waals surface area contributed by atoms with Gasteiger partial charge in [-0.05, 0) is 25.0 Å². The van der Waals surface area contributed by atoms with Crippen molar-refractivity contribution in [3.63, 3.8) is 0 Å². The molecule has 0 saturated carbocycles. The molecule has 17 heavy (non-hydrogen) atoms. The Bertz CT molecular complexity index is 381. The third kappa shape index (κ3) is 3.05. The van der Waals surface area contributed by atoms with Gasteiger partial charge in [0.05, 0.1) is 18.1 Å². The molecule has 0 saturated heterocycles. The molecular weight excluding hydrogens is 220 g/mol. The van der Waals surface area contributed by atoms with Crippen molar-refractivity contribution in [3.8, 4) is 0 Å². The van der Waals surface area contributed by atoms with Crippen LogP contribution in [0.15, 0.2) is 24.3 Å². The molecule has 0 aromatic heterocycles. The Balaban J connectivity index is 2.90. The summed E-state index contributed by atoms with van der Waals surface area (Å²) in [6, 6.07) is 7.09. The number of carboxylic acids is 1. The number of aliphatic hydroxyl groups is 1. The lowest BCUT2D eigenvalue weighted by molar-refractivity contribution is -0.153. The van der Waals surface area contributed by atoms with Gasteiger partial charge in [0.1, 0.15) is 0 Å². The predicted octanol–water partition coefficient (Wildman–Crippen LogP) is 1.98. The predicted molar refractivity (Wildman–Crippen MR) is 63.5 cm³/mol. The smallest absolute Gasteiger partial charge is 0.312 e. The van der Waals surface area contributed by atoms with Crippen LogP contribution in [0.1, 0.15) is 31.1 Å². The minimum Gasteiger partial charge on any atom is -0.481 e. The summed E-state index contributed by atoms with van der Waals surface area (Å²) in [5.74, 6) is -1.02. The number of ether oxygens (including phenoxy) is 1. The fraction of sp³-hybridized carbons (Fsp3) is 0.462. The molecule has 4 heteroatoms. The van der Waals surface area contributed by atoms with Crippen molar-refractivity contribution >= 4 is 5.97 Å². The number of rotatable bonds is 5. The molecule has 4 nitrogen and oxygen atoms in total. The van der Waals surface area contributed by atoms with Crippen molar-refractivity contribution in [1.29, 1.82) is 0 Å². The standard InChI is InChI=1S/C13H18O4/c1-13(2,12(15)16)11(14)10-6-4-9(5-7-10)8-17-3/h4-7,11,14H,8H2,1-3H3,(H,15,16). The van der Waals surface area contributed by atoms with E-state index in [0.29, 0.717) is 12.2 Å². The van der Waals surface area contributed by atoms with Crippen LogP contribution in [0, 0.1) is 5.41 Å². The topological polar surface area (TPSA) is 66.8 Å². The summed E-state index contributed by atoms with van der Waals surface area (Å²) < 4.78 is 4.98. The lowest BCUT2D eigenvalue weighted by Crippen LogP contribution is -2.31. The Morgan fingerprint density at radius 3 is 2.29 bits per heavy atom. The maximum atomic E-state index is 11.0. The number of hydrogen-bond donors (Lipinski definition) is 2. The zero-order chi connectivity index (χ0) is 13.1. The van der Waals surface area contributed by atoms with Crippen molar-refractivity contribution in [1.82, 2.24) is 0 Å². The first-order chi connectivity index (χ1) is 7.89. The number of methoxy groups -OCH3 is 1. The van der Waals surface area contributed by atoms with E-state index in [2.05, 4.69) is 0 Å². The van der Waals surface area contributed by atoms with E-state index in [-0.39, 0.29) is 0 Å².